The van der Waals surface area contributed by atoms with Crippen molar-refractivity contribution in [2.24, 2.45) is 29.1 Å². The van der Waals surface area contributed by atoms with Crippen LogP contribution in [0.5, 0.6) is 0 Å². The first-order valence-corrected chi connectivity index (χ1v) is 9.32. The summed E-state index contributed by atoms with van der Waals surface area (Å²) in [4.78, 5) is 36.9. The van der Waals surface area contributed by atoms with Gasteiger partial charge in [-0.3, -0.25) is 9.59 Å². The molecule has 2 atom stereocenters. The second kappa shape index (κ2) is 6.96. The maximum Gasteiger partial charge on any atom is 0.328 e. The van der Waals surface area contributed by atoms with Crippen LogP contribution >= 0.6 is 0 Å². The Kier molecular flexibility index (Phi) is 5.07. The summed E-state index contributed by atoms with van der Waals surface area (Å²) in [5.41, 5.74) is -0.327. The Morgan fingerprint density at radius 1 is 1.00 bits per heavy atom. The fourth-order valence-electron chi connectivity index (χ4n) is 5.71. The van der Waals surface area contributed by atoms with Gasteiger partial charge in [0.1, 0.15) is 6.04 Å². The van der Waals surface area contributed by atoms with Gasteiger partial charge < -0.3 is 14.8 Å². The minimum atomic E-state index is -0.815. The molecule has 4 aliphatic rings. The zero-order valence-electron chi connectivity index (χ0n) is 15.4. The van der Waals surface area contributed by atoms with Crippen molar-refractivity contribution in [1.29, 1.82) is 0 Å². The van der Waals surface area contributed by atoms with Gasteiger partial charge in [0.15, 0.2) is 0 Å². The lowest BCUT2D eigenvalue weighted by atomic mass is 9.49. The third-order valence-corrected chi connectivity index (χ3v) is 6.55. The number of esters is 2. The Morgan fingerprint density at radius 3 is 1.96 bits per heavy atom. The minimum absolute atomic E-state index is 0.0290. The number of carbonyl (C=O) groups is 3. The molecule has 4 saturated carbocycles. The number of ether oxygens (including phenoxy) is 2. The summed E-state index contributed by atoms with van der Waals surface area (Å²) in [6, 6.07) is -0.815. The SMILES string of the molecule is COC(=O)C[C@H](C)[C@@H](NC(=O)C12CC3CC(CC(C3)C1)C2)C(=O)OC. The average Bonchev–Trinajstić information content (AvgIpc) is 2.57. The molecule has 1 amide bonds. The maximum atomic E-state index is 13.2. The van der Waals surface area contributed by atoms with Crippen LogP contribution in [0.3, 0.4) is 0 Å². The molecule has 0 aliphatic heterocycles. The van der Waals surface area contributed by atoms with E-state index in [1.54, 1.807) is 6.92 Å². The molecular formula is C19H29NO5. The number of nitrogens with one attached hydrogen (secondary N) is 1. The molecule has 0 spiro atoms. The van der Waals surface area contributed by atoms with Crippen LogP contribution in [0.2, 0.25) is 0 Å². The molecule has 25 heavy (non-hydrogen) atoms. The van der Waals surface area contributed by atoms with Gasteiger partial charge in [-0.2, -0.15) is 0 Å². The van der Waals surface area contributed by atoms with Gasteiger partial charge in [-0.15, -0.1) is 0 Å². The van der Waals surface area contributed by atoms with Crippen molar-refractivity contribution in [3.63, 3.8) is 0 Å². The molecule has 1 N–H and O–H groups in total. The Morgan fingerprint density at radius 2 is 1.52 bits per heavy atom. The highest BCUT2D eigenvalue weighted by molar-refractivity contribution is 5.89. The van der Waals surface area contributed by atoms with Gasteiger partial charge in [-0.05, 0) is 62.2 Å². The number of amides is 1. The second-order valence-electron chi connectivity index (χ2n) is 8.43. The fraction of sp³-hybridized carbons (Fsp3) is 0.842. The van der Waals surface area contributed by atoms with Gasteiger partial charge in [0.05, 0.1) is 20.6 Å². The third-order valence-electron chi connectivity index (χ3n) is 6.55. The van der Waals surface area contributed by atoms with Crippen molar-refractivity contribution in [2.45, 2.75) is 57.9 Å². The van der Waals surface area contributed by atoms with Crippen LogP contribution in [0.25, 0.3) is 0 Å². The van der Waals surface area contributed by atoms with Gasteiger partial charge in [0, 0.05) is 5.41 Å². The smallest absolute Gasteiger partial charge is 0.328 e. The predicted molar refractivity (Wildman–Crippen MR) is 90.3 cm³/mol. The van der Waals surface area contributed by atoms with E-state index in [9.17, 15) is 14.4 Å². The highest BCUT2D eigenvalue weighted by atomic mass is 16.5. The predicted octanol–water partition coefficient (Wildman–Crippen LogP) is 2.06. The lowest BCUT2D eigenvalue weighted by Crippen LogP contribution is -2.57. The van der Waals surface area contributed by atoms with E-state index in [0.717, 1.165) is 19.3 Å². The molecule has 0 aromatic heterocycles. The van der Waals surface area contributed by atoms with Gasteiger partial charge >= 0.3 is 11.9 Å². The molecule has 140 valence electrons. The summed E-state index contributed by atoms with van der Waals surface area (Å²) in [6.45, 7) is 1.76. The van der Waals surface area contributed by atoms with E-state index in [4.69, 9.17) is 4.74 Å². The summed E-state index contributed by atoms with van der Waals surface area (Å²) >= 11 is 0. The molecule has 0 aromatic carbocycles. The van der Waals surface area contributed by atoms with Crippen LogP contribution in [0.4, 0.5) is 0 Å². The first-order valence-electron chi connectivity index (χ1n) is 9.32. The summed E-state index contributed by atoms with van der Waals surface area (Å²) in [6.07, 6.45) is 6.64. The van der Waals surface area contributed by atoms with Gasteiger partial charge in [0.25, 0.3) is 0 Å². The molecule has 6 nitrogen and oxygen atoms in total. The molecule has 4 bridgehead atoms. The van der Waals surface area contributed by atoms with Crippen LogP contribution in [-0.2, 0) is 23.9 Å². The molecular weight excluding hydrogens is 322 g/mol. The maximum absolute atomic E-state index is 13.2. The highest BCUT2D eigenvalue weighted by Crippen LogP contribution is 2.60. The van der Waals surface area contributed by atoms with E-state index in [1.807, 2.05) is 0 Å². The molecule has 0 unspecified atom stereocenters. The second-order valence-corrected chi connectivity index (χ2v) is 8.43. The molecule has 4 aliphatic carbocycles. The van der Waals surface area contributed by atoms with Gasteiger partial charge in [0.2, 0.25) is 5.91 Å². The summed E-state index contributed by atoms with van der Waals surface area (Å²) in [5, 5.41) is 2.93. The Bertz CT molecular complexity index is 523. The lowest BCUT2D eigenvalue weighted by Gasteiger charge is -2.55. The summed E-state index contributed by atoms with van der Waals surface area (Å²) < 4.78 is 9.55. The van der Waals surface area contributed by atoms with Crippen molar-refractivity contribution in [3.05, 3.63) is 0 Å². The van der Waals surface area contributed by atoms with Crippen LogP contribution in [0, 0.1) is 29.1 Å². The van der Waals surface area contributed by atoms with Crippen LogP contribution < -0.4 is 5.32 Å². The quantitative estimate of drug-likeness (QED) is 0.741. The largest absolute Gasteiger partial charge is 0.469 e. The van der Waals surface area contributed by atoms with E-state index in [0.29, 0.717) is 17.8 Å². The van der Waals surface area contributed by atoms with Crippen LogP contribution in [-0.4, -0.2) is 38.1 Å². The average molecular weight is 351 g/mol. The summed E-state index contributed by atoms with van der Waals surface area (Å²) in [7, 11) is 2.62. The number of rotatable bonds is 6. The first-order chi connectivity index (χ1) is 11.9. The van der Waals surface area contributed by atoms with E-state index in [-0.39, 0.29) is 23.7 Å². The topological polar surface area (TPSA) is 81.7 Å². The molecule has 0 radical (unpaired) electrons. The first kappa shape index (κ1) is 18.2. The zero-order valence-corrected chi connectivity index (χ0v) is 15.4. The Balaban J connectivity index is 1.72. The van der Waals surface area contributed by atoms with Crippen molar-refractivity contribution in [3.8, 4) is 0 Å². The lowest BCUT2D eigenvalue weighted by molar-refractivity contribution is -0.155. The molecule has 0 saturated heterocycles. The van der Waals surface area contributed by atoms with Crippen molar-refractivity contribution >= 4 is 17.8 Å². The monoisotopic (exact) mass is 351 g/mol. The number of carbonyl (C=O) groups excluding carboxylic acids is 3. The molecule has 0 heterocycles. The van der Waals surface area contributed by atoms with Crippen LogP contribution in [0.1, 0.15) is 51.9 Å². The standard InChI is InChI=1S/C19H29NO5/c1-11(4-15(21)24-2)16(17(22)25-3)20-18(23)19-8-12-5-13(9-19)7-14(6-12)10-19/h11-14,16H,4-10H2,1-3H3,(H,20,23)/t11-,12?,13?,14?,16+,19?/m0/s1. The van der Waals surface area contributed by atoms with Crippen molar-refractivity contribution in [2.75, 3.05) is 14.2 Å². The fourth-order valence-corrected chi connectivity index (χ4v) is 5.71. The van der Waals surface area contributed by atoms with E-state index < -0.39 is 18.0 Å². The van der Waals surface area contributed by atoms with Gasteiger partial charge in [-0.1, -0.05) is 6.92 Å². The zero-order chi connectivity index (χ0) is 18.2. The third kappa shape index (κ3) is 3.53. The van der Waals surface area contributed by atoms with Crippen molar-refractivity contribution in [1.82, 2.24) is 5.32 Å². The number of hydrogen-bond acceptors (Lipinski definition) is 5. The minimum Gasteiger partial charge on any atom is -0.469 e. The molecule has 0 aromatic rings. The molecule has 4 fully saturated rings. The molecule has 4 rings (SSSR count). The Labute approximate surface area is 149 Å². The highest BCUT2D eigenvalue weighted by Gasteiger charge is 2.55. The van der Waals surface area contributed by atoms with Crippen molar-refractivity contribution < 1.29 is 23.9 Å². The number of methoxy groups -OCH3 is 2. The molecule has 6 heteroatoms. The Hall–Kier alpha value is -1.59. The summed E-state index contributed by atoms with van der Waals surface area (Å²) in [5.74, 6) is 0.652. The van der Waals surface area contributed by atoms with E-state index >= 15 is 0 Å². The number of hydrogen-bond donors (Lipinski definition) is 1. The van der Waals surface area contributed by atoms with Gasteiger partial charge in [-0.25, -0.2) is 4.79 Å². The van der Waals surface area contributed by atoms with E-state index in [2.05, 4.69) is 10.1 Å². The van der Waals surface area contributed by atoms with Crippen LogP contribution in [0.15, 0.2) is 0 Å². The van der Waals surface area contributed by atoms with E-state index in [1.165, 1.54) is 33.5 Å². The normalized spacial score (nSPS) is 34.9.